The van der Waals surface area contributed by atoms with Crippen molar-refractivity contribution in [2.45, 2.75) is 40.0 Å². The smallest absolute Gasteiger partial charge is 0.193 e. The molecule has 2 nitrogen and oxygen atoms in total. The minimum atomic E-state index is 0.0401. The molecule has 1 N–H and O–H groups in total. The highest BCUT2D eigenvalue weighted by Crippen LogP contribution is 2.43. The molecule has 0 aliphatic carbocycles. The monoisotopic (exact) mass is 961 g/mol. The first-order chi connectivity index (χ1) is 36.8. The number of benzene rings is 11. The predicted octanol–water partition coefficient (Wildman–Crippen LogP) is 17.8. The van der Waals surface area contributed by atoms with Gasteiger partial charge in [-0.2, -0.15) is 0 Å². The van der Waals surface area contributed by atoms with E-state index >= 15 is 0 Å². The van der Waals surface area contributed by atoms with E-state index in [4.69, 9.17) is 0 Å². The fourth-order valence-electron chi connectivity index (χ4n) is 11.6. The van der Waals surface area contributed by atoms with Gasteiger partial charge in [-0.25, -0.2) is 0 Å². The summed E-state index contributed by atoms with van der Waals surface area (Å²) in [6.07, 6.45) is 0.839. The Morgan fingerprint density at radius 1 is 0.387 bits per heavy atom. The van der Waals surface area contributed by atoms with Crippen molar-refractivity contribution >= 4 is 46.6 Å². The number of hydrogen-bond donors (Lipinski definition) is 1. The Labute approximate surface area is 443 Å². The summed E-state index contributed by atoms with van der Waals surface area (Å²) in [6, 6.07) is 93.5. The van der Waals surface area contributed by atoms with Gasteiger partial charge in [0.05, 0.1) is 0 Å². The molecule has 359 valence electrons. The SMILES string of the molecule is Cc1cc(C)c(-c2cc(-c3cc(-c4ccccc4)ccc3Nc3cccc(-c4ccccc4)c3)c3c(c2)C(Cc2ccc(-c4ccccc4)cc2C)c2ccc(N(c4ccccc4)c4ccccc4)cc2[B]3)c(C)c1. The maximum Gasteiger partial charge on any atom is 0.193 e. The molecule has 12 rings (SSSR count). The van der Waals surface area contributed by atoms with E-state index in [9.17, 15) is 0 Å². The summed E-state index contributed by atoms with van der Waals surface area (Å²) < 4.78 is 0. The molecular weight excluding hydrogens is 904 g/mol. The first kappa shape index (κ1) is 47.1. The second-order valence-electron chi connectivity index (χ2n) is 20.2. The molecule has 75 heavy (non-hydrogen) atoms. The Bertz CT molecular complexity index is 3770. The number of anilines is 5. The van der Waals surface area contributed by atoms with Gasteiger partial charge >= 0.3 is 0 Å². The van der Waals surface area contributed by atoms with Gasteiger partial charge in [0.15, 0.2) is 7.28 Å². The minimum absolute atomic E-state index is 0.0401. The summed E-state index contributed by atoms with van der Waals surface area (Å²) in [5.74, 6) is 0.0401. The van der Waals surface area contributed by atoms with Crippen LogP contribution in [0.1, 0.15) is 44.9 Å². The van der Waals surface area contributed by atoms with Crippen molar-refractivity contribution < 1.29 is 0 Å². The molecule has 0 saturated carbocycles. The third-order valence-corrected chi connectivity index (χ3v) is 15.1. The first-order valence-electron chi connectivity index (χ1n) is 26.2. The quantitative estimate of drug-likeness (QED) is 0.123. The van der Waals surface area contributed by atoms with Crippen LogP contribution in [0.2, 0.25) is 0 Å². The molecule has 1 atom stereocenters. The summed E-state index contributed by atoms with van der Waals surface area (Å²) in [4.78, 5) is 2.38. The molecule has 1 heterocycles. The lowest BCUT2D eigenvalue weighted by molar-refractivity contribution is 0.807. The molecule has 1 aliphatic rings. The van der Waals surface area contributed by atoms with Gasteiger partial charge in [0.2, 0.25) is 0 Å². The fraction of sp³-hybridized carbons (Fsp3) is 0.0833. The third kappa shape index (κ3) is 9.62. The van der Waals surface area contributed by atoms with E-state index in [-0.39, 0.29) is 5.92 Å². The third-order valence-electron chi connectivity index (χ3n) is 15.1. The van der Waals surface area contributed by atoms with Crippen molar-refractivity contribution in [2.75, 3.05) is 10.2 Å². The zero-order chi connectivity index (χ0) is 50.8. The van der Waals surface area contributed by atoms with Gasteiger partial charge in [-0.1, -0.05) is 205 Å². The number of fused-ring (bicyclic) bond motifs is 2. The van der Waals surface area contributed by atoms with Gasteiger partial charge in [-0.05, 0) is 184 Å². The number of aryl methyl sites for hydroxylation is 4. The summed E-state index contributed by atoms with van der Waals surface area (Å²) in [5, 5.41) is 3.99. The first-order valence-corrected chi connectivity index (χ1v) is 26.2. The van der Waals surface area contributed by atoms with E-state index < -0.39 is 0 Å². The Hall–Kier alpha value is -8.92. The molecule has 0 bridgehead atoms. The van der Waals surface area contributed by atoms with Crippen molar-refractivity contribution in [2.24, 2.45) is 0 Å². The molecule has 0 fully saturated rings. The molecule has 0 aromatic heterocycles. The van der Waals surface area contributed by atoms with Crippen molar-refractivity contribution in [3.63, 3.8) is 0 Å². The summed E-state index contributed by atoms with van der Waals surface area (Å²) in [6.45, 7) is 9.06. The van der Waals surface area contributed by atoms with Crippen LogP contribution in [0.5, 0.6) is 0 Å². The molecule has 0 amide bonds. The number of hydrogen-bond acceptors (Lipinski definition) is 2. The summed E-state index contributed by atoms with van der Waals surface area (Å²) >= 11 is 0. The van der Waals surface area contributed by atoms with E-state index in [1.54, 1.807) is 0 Å². The Balaban J connectivity index is 1.10. The van der Waals surface area contributed by atoms with Gasteiger partial charge in [0.1, 0.15) is 0 Å². The molecule has 1 aliphatic heterocycles. The molecule has 1 unspecified atom stereocenters. The lowest BCUT2D eigenvalue weighted by Gasteiger charge is -2.34. The summed E-state index contributed by atoms with van der Waals surface area (Å²) in [5.41, 5.74) is 29.1. The van der Waals surface area contributed by atoms with E-state index in [1.165, 1.54) is 99.9 Å². The Kier molecular flexibility index (Phi) is 12.9. The lowest BCUT2D eigenvalue weighted by atomic mass is 9.51. The van der Waals surface area contributed by atoms with E-state index in [0.717, 1.165) is 40.4 Å². The fourth-order valence-corrected chi connectivity index (χ4v) is 11.6. The molecule has 3 heteroatoms. The van der Waals surface area contributed by atoms with Gasteiger partial charge in [0, 0.05) is 39.9 Å². The van der Waals surface area contributed by atoms with Gasteiger partial charge < -0.3 is 10.2 Å². The molecule has 0 spiro atoms. The zero-order valence-corrected chi connectivity index (χ0v) is 43.1. The van der Waals surface area contributed by atoms with Crippen molar-refractivity contribution in [3.8, 4) is 55.6 Å². The molecule has 0 saturated heterocycles. The largest absolute Gasteiger partial charge is 0.355 e. The molecule has 11 aromatic carbocycles. The van der Waals surface area contributed by atoms with Crippen LogP contribution in [0.3, 0.4) is 0 Å². The predicted molar refractivity (Wildman–Crippen MR) is 320 cm³/mol. The maximum atomic E-state index is 3.99. The van der Waals surface area contributed by atoms with Crippen LogP contribution in [-0.2, 0) is 6.42 Å². The van der Waals surface area contributed by atoms with Gasteiger partial charge in [-0.3, -0.25) is 0 Å². The second kappa shape index (κ2) is 20.5. The average molecular weight is 962 g/mol. The Morgan fingerprint density at radius 2 is 0.920 bits per heavy atom. The number of nitrogens with one attached hydrogen (secondary N) is 1. The highest BCUT2D eigenvalue weighted by molar-refractivity contribution is 6.70. The highest BCUT2D eigenvalue weighted by atomic mass is 15.1. The van der Waals surface area contributed by atoms with Crippen LogP contribution < -0.4 is 21.1 Å². The standard InChI is InChI=1S/C72H58BN2/c1-48-39-50(3)71(51(4)40-48)59-45-67-65(43-55-33-34-57(41-49(55)2)53-23-12-6-13-24-53)64-37-36-63(75(61-29-16-8-17-30-61)62-31-18-9-19-32-62)47-69(64)73-72(67)68(46-59)66-44-58(54-25-14-7-15-26-54)35-38-70(66)74-60-28-20-27-56(42-60)52-21-10-5-11-22-52/h5-42,44-47,65,74H,43H2,1-4H3. The van der Waals surface area contributed by atoms with E-state index in [0.29, 0.717) is 0 Å². The molecule has 1 radical (unpaired) electrons. The number of nitrogens with zero attached hydrogens (tertiary/aromatic N) is 1. The number of rotatable bonds is 12. The van der Waals surface area contributed by atoms with Crippen LogP contribution in [0, 0.1) is 27.7 Å². The van der Waals surface area contributed by atoms with Crippen molar-refractivity contribution in [1.82, 2.24) is 0 Å². The number of para-hydroxylation sites is 2. The van der Waals surface area contributed by atoms with Gasteiger partial charge in [0.25, 0.3) is 0 Å². The zero-order valence-electron chi connectivity index (χ0n) is 43.1. The van der Waals surface area contributed by atoms with Crippen LogP contribution >= 0.6 is 0 Å². The van der Waals surface area contributed by atoms with Crippen molar-refractivity contribution in [3.05, 3.63) is 294 Å². The van der Waals surface area contributed by atoms with Crippen LogP contribution in [0.4, 0.5) is 28.4 Å². The second-order valence-corrected chi connectivity index (χ2v) is 20.2. The van der Waals surface area contributed by atoms with Crippen LogP contribution in [0.25, 0.3) is 55.6 Å². The highest BCUT2D eigenvalue weighted by Gasteiger charge is 2.32. The van der Waals surface area contributed by atoms with Gasteiger partial charge in [-0.15, -0.1) is 0 Å². The lowest BCUT2D eigenvalue weighted by Crippen LogP contribution is -2.41. The maximum absolute atomic E-state index is 3.99. The molecular formula is C72H58BN2. The molecule has 11 aromatic rings. The Morgan fingerprint density at radius 3 is 1.52 bits per heavy atom. The summed E-state index contributed by atoms with van der Waals surface area (Å²) in [7, 11) is 2.49. The van der Waals surface area contributed by atoms with Crippen molar-refractivity contribution in [1.29, 1.82) is 0 Å². The minimum Gasteiger partial charge on any atom is -0.355 e. The van der Waals surface area contributed by atoms with Crippen LogP contribution in [-0.4, -0.2) is 7.28 Å². The normalized spacial score (nSPS) is 12.6. The van der Waals surface area contributed by atoms with E-state index in [2.05, 4.69) is 300 Å². The van der Waals surface area contributed by atoms with E-state index in [1.807, 2.05) is 0 Å². The topological polar surface area (TPSA) is 15.3 Å². The van der Waals surface area contributed by atoms with Crippen LogP contribution in [0.15, 0.2) is 255 Å². The average Bonchev–Trinajstić information content (AvgIpc) is 3.45.